The maximum atomic E-state index is 14.3. The second-order valence-electron chi connectivity index (χ2n) is 21.5. The number of aliphatic carboxylic acids is 1. The number of carbonyl (C=O) groups excluding carboxylic acids is 2. The van der Waals surface area contributed by atoms with Crippen molar-refractivity contribution in [3.05, 3.63) is 41.2 Å². The van der Waals surface area contributed by atoms with Crippen molar-refractivity contribution in [3.63, 3.8) is 0 Å². The van der Waals surface area contributed by atoms with Gasteiger partial charge >= 0.3 is 11.9 Å². The van der Waals surface area contributed by atoms with E-state index in [1.807, 2.05) is 12.3 Å². The van der Waals surface area contributed by atoms with Crippen molar-refractivity contribution in [3.8, 4) is 0 Å². The van der Waals surface area contributed by atoms with Crippen LogP contribution in [0.15, 0.2) is 35.7 Å². The van der Waals surface area contributed by atoms with Crippen molar-refractivity contribution in [1.29, 1.82) is 0 Å². The first-order chi connectivity index (χ1) is 26.0. The number of allylic oxidation sites excluding steroid dienone is 1. The number of fused-ring (bicyclic) bond motifs is 7. The van der Waals surface area contributed by atoms with Crippen LogP contribution in [0.25, 0.3) is 0 Å². The summed E-state index contributed by atoms with van der Waals surface area (Å²) in [5.41, 5.74) is 1.55. The molecule has 9 heteroatoms. The summed E-state index contributed by atoms with van der Waals surface area (Å²) in [5, 5.41) is 22.3. The minimum atomic E-state index is -1.17. The van der Waals surface area contributed by atoms with Crippen LogP contribution in [0.1, 0.15) is 132 Å². The van der Waals surface area contributed by atoms with Crippen LogP contribution >= 0.6 is 0 Å². The van der Waals surface area contributed by atoms with E-state index in [0.29, 0.717) is 31.3 Å². The van der Waals surface area contributed by atoms with E-state index in [2.05, 4.69) is 83.4 Å². The van der Waals surface area contributed by atoms with E-state index >= 15 is 0 Å². The number of nitrogens with zero attached hydrogens (tertiary/aromatic N) is 3. The highest BCUT2D eigenvalue weighted by atomic mass is 16.5. The summed E-state index contributed by atoms with van der Waals surface area (Å²) in [6.07, 6.45) is 10.9. The molecule has 9 atom stereocenters. The van der Waals surface area contributed by atoms with Crippen LogP contribution in [0.2, 0.25) is 0 Å². The Morgan fingerprint density at radius 3 is 2.30 bits per heavy atom. The maximum absolute atomic E-state index is 14.3. The Bertz CT molecular complexity index is 1690. The zero-order valence-corrected chi connectivity index (χ0v) is 36.5. The minimum Gasteiger partial charge on any atom is -0.481 e. The van der Waals surface area contributed by atoms with E-state index in [-0.39, 0.29) is 51.8 Å². The van der Waals surface area contributed by atoms with Crippen molar-refractivity contribution in [2.45, 2.75) is 145 Å². The summed E-state index contributed by atoms with van der Waals surface area (Å²) in [7, 11) is 4.17. The van der Waals surface area contributed by atoms with Gasteiger partial charge in [0.1, 0.15) is 6.10 Å². The van der Waals surface area contributed by atoms with Crippen molar-refractivity contribution in [1.82, 2.24) is 14.8 Å². The third-order valence-corrected chi connectivity index (χ3v) is 16.9. The van der Waals surface area contributed by atoms with Crippen molar-refractivity contribution in [2.75, 3.05) is 33.7 Å². The second-order valence-corrected chi connectivity index (χ2v) is 21.5. The molecule has 1 aromatic rings. The number of hydrogen-bond donors (Lipinski definition) is 2. The number of ketones is 1. The highest BCUT2D eigenvalue weighted by Gasteiger charge is 2.71. The van der Waals surface area contributed by atoms with Crippen LogP contribution < -0.4 is 0 Å². The molecule has 4 saturated carbocycles. The molecule has 0 aliphatic heterocycles. The first-order valence-electron chi connectivity index (χ1n) is 21.7. The molecular formula is C47H73N3O6. The van der Waals surface area contributed by atoms with Gasteiger partial charge in [0.2, 0.25) is 0 Å². The molecular weight excluding hydrogens is 703 g/mol. The fourth-order valence-corrected chi connectivity index (χ4v) is 13.7. The van der Waals surface area contributed by atoms with Gasteiger partial charge in [-0.1, -0.05) is 60.1 Å². The molecule has 0 saturated heterocycles. The lowest BCUT2D eigenvalue weighted by molar-refractivity contribution is -0.235. The fourth-order valence-electron chi connectivity index (χ4n) is 13.7. The maximum Gasteiger partial charge on any atom is 0.309 e. The van der Waals surface area contributed by atoms with Crippen molar-refractivity contribution < 1.29 is 29.3 Å². The molecule has 5 aliphatic carbocycles. The predicted octanol–water partition coefficient (Wildman–Crippen LogP) is 8.20. The quantitative estimate of drug-likeness (QED) is 0.191. The highest BCUT2D eigenvalue weighted by Crippen LogP contribution is 2.77. The lowest BCUT2D eigenvalue weighted by atomic mass is 9.33. The number of likely N-dealkylation sites (N-methyl/N-ethyl adjacent to an activating group) is 1. The SMILES string of the molecule is CC(C)C1=C2C3CCC4C5(C)CCC(OC(=O)CC(C)(C)C(=O)O)C(C)(C)C5CCC4(C)C3(C)CCC2(C(O)CN(CCN(C)C)Cc2cccnc2)CC1=O. The van der Waals surface area contributed by atoms with Crippen molar-refractivity contribution in [2.24, 2.45) is 56.2 Å². The highest BCUT2D eigenvalue weighted by molar-refractivity contribution is 6.00. The van der Waals surface area contributed by atoms with E-state index in [1.165, 1.54) is 5.57 Å². The van der Waals surface area contributed by atoms with E-state index in [9.17, 15) is 24.6 Å². The number of rotatable bonds is 13. The number of aromatic nitrogens is 1. The molecule has 9 nitrogen and oxygen atoms in total. The number of carbonyl (C=O) groups is 3. The Morgan fingerprint density at radius 2 is 1.68 bits per heavy atom. The smallest absolute Gasteiger partial charge is 0.309 e. The summed E-state index contributed by atoms with van der Waals surface area (Å²) in [6.45, 7) is 22.6. The normalized spacial score (nSPS) is 35.9. The van der Waals surface area contributed by atoms with Gasteiger partial charge in [0.25, 0.3) is 0 Å². The standard InChI is InChI=1S/C47H73N3O6/c1-30(2)39-33(51)25-47(36(52)29-50(24-23-49(10)11)28-31-13-12-22-48-27-31)21-20-45(8)32(40(39)47)14-15-35-44(7)18-17-37(56-38(53)26-42(3,4)41(54)55)43(5,6)34(44)16-19-46(35,45)9/h12-13,22,27,30,32,34-37,52H,14-21,23-26,28-29H2,1-11H3,(H,54,55). The molecule has 2 N–H and O–H groups in total. The molecule has 0 radical (unpaired) electrons. The third kappa shape index (κ3) is 7.12. The summed E-state index contributed by atoms with van der Waals surface area (Å²) >= 11 is 0. The molecule has 9 unspecified atom stereocenters. The number of aliphatic hydroxyl groups is 1. The molecule has 0 bridgehead atoms. The van der Waals surface area contributed by atoms with Gasteiger partial charge in [-0.15, -0.1) is 0 Å². The molecule has 6 rings (SSSR count). The number of carboxylic acids is 1. The zero-order chi connectivity index (χ0) is 41.2. The summed E-state index contributed by atoms with van der Waals surface area (Å²) in [4.78, 5) is 48.1. The molecule has 312 valence electrons. The molecule has 5 aliphatic rings. The first kappa shape index (κ1) is 43.0. The molecule has 4 fully saturated rings. The Morgan fingerprint density at radius 1 is 0.964 bits per heavy atom. The minimum absolute atomic E-state index is 0.0244. The van der Waals surface area contributed by atoms with Gasteiger partial charge < -0.3 is 19.8 Å². The molecule has 0 amide bonds. The van der Waals surface area contributed by atoms with Crippen LogP contribution in [0.3, 0.4) is 0 Å². The van der Waals surface area contributed by atoms with E-state index in [4.69, 9.17) is 4.74 Å². The van der Waals surface area contributed by atoms with Crippen LogP contribution in [0.5, 0.6) is 0 Å². The third-order valence-electron chi connectivity index (χ3n) is 16.9. The number of hydrogen-bond acceptors (Lipinski definition) is 8. The van der Waals surface area contributed by atoms with Crippen LogP contribution in [0.4, 0.5) is 0 Å². The number of carboxylic acid groups (broad SMARTS) is 1. The van der Waals surface area contributed by atoms with Gasteiger partial charge in [-0.2, -0.15) is 0 Å². The predicted molar refractivity (Wildman–Crippen MR) is 219 cm³/mol. The monoisotopic (exact) mass is 776 g/mol. The van der Waals surface area contributed by atoms with E-state index in [0.717, 1.165) is 75.6 Å². The number of Topliss-reactive ketones (excluding diaryl/α,β-unsaturated/α-hetero) is 1. The van der Waals surface area contributed by atoms with Gasteiger partial charge in [-0.25, -0.2) is 0 Å². The second kappa shape index (κ2) is 15.2. The Balaban J connectivity index is 1.29. The van der Waals surface area contributed by atoms with Crippen LogP contribution in [-0.2, 0) is 25.7 Å². The van der Waals surface area contributed by atoms with Gasteiger partial charge in [-0.05, 0) is 136 Å². The molecule has 1 heterocycles. The zero-order valence-electron chi connectivity index (χ0n) is 36.5. The van der Waals surface area contributed by atoms with Crippen LogP contribution in [0, 0.1) is 56.2 Å². The largest absolute Gasteiger partial charge is 0.481 e. The topological polar surface area (TPSA) is 120 Å². The Labute approximate surface area is 337 Å². The Hall–Kier alpha value is -2.62. The average molecular weight is 776 g/mol. The lowest BCUT2D eigenvalue weighted by Crippen LogP contribution is -2.66. The van der Waals surface area contributed by atoms with Gasteiger partial charge in [0, 0.05) is 55.8 Å². The Kier molecular flexibility index (Phi) is 11.7. The van der Waals surface area contributed by atoms with E-state index in [1.54, 1.807) is 20.0 Å². The number of esters is 1. The summed E-state index contributed by atoms with van der Waals surface area (Å²) in [6, 6.07) is 4.07. The fraction of sp³-hybridized carbons (Fsp3) is 0.787. The van der Waals surface area contributed by atoms with Crippen LogP contribution in [-0.4, -0.2) is 88.7 Å². The summed E-state index contributed by atoms with van der Waals surface area (Å²) < 4.78 is 6.19. The first-order valence-corrected chi connectivity index (χ1v) is 21.7. The van der Waals surface area contributed by atoms with Gasteiger partial charge in [-0.3, -0.25) is 24.3 Å². The average Bonchev–Trinajstić information content (AvgIpc) is 3.42. The summed E-state index contributed by atoms with van der Waals surface area (Å²) in [5.74, 6) is 0.0313. The van der Waals surface area contributed by atoms with Gasteiger partial charge in [0.15, 0.2) is 5.78 Å². The number of aliphatic hydroxyl groups excluding tert-OH is 1. The molecule has 1 aromatic heterocycles. The van der Waals surface area contributed by atoms with Gasteiger partial charge in [0.05, 0.1) is 17.9 Å². The van der Waals surface area contributed by atoms with Crippen molar-refractivity contribution >= 4 is 17.7 Å². The lowest BCUT2D eigenvalue weighted by Gasteiger charge is -2.72. The van der Waals surface area contributed by atoms with E-state index < -0.39 is 28.9 Å². The molecule has 0 aromatic carbocycles. The number of ether oxygens (including phenoxy) is 1. The molecule has 56 heavy (non-hydrogen) atoms. The number of pyridine rings is 1. The molecule has 0 spiro atoms.